The second kappa shape index (κ2) is 8.87. The fraction of sp³-hybridized carbons (Fsp3) is 0.176. The van der Waals surface area contributed by atoms with Crippen LogP contribution in [0.4, 0.5) is 0 Å². The van der Waals surface area contributed by atoms with Crippen LogP contribution < -0.4 is 19.6 Å². The molecule has 0 saturated heterocycles. The molecule has 0 heterocycles. The van der Waals surface area contributed by atoms with E-state index in [0.717, 1.165) is 14.5 Å². The van der Waals surface area contributed by atoms with Crippen LogP contribution in [0.2, 0.25) is 0 Å². The SMILES string of the molecule is COc1cc(OC)cc(C(=O)N/N=C\c2cc(Br)c(OC)c(Br)c2)c1. The van der Waals surface area contributed by atoms with E-state index in [0.29, 0.717) is 22.8 Å². The van der Waals surface area contributed by atoms with Crippen molar-refractivity contribution >= 4 is 44.0 Å². The Hall–Kier alpha value is -2.06. The number of amides is 1. The summed E-state index contributed by atoms with van der Waals surface area (Å²) in [6.07, 6.45) is 1.53. The first-order valence-corrected chi connectivity index (χ1v) is 8.66. The molecular formula is C17H16Br2N2O4. The van der Waals surface area contributed by atoms with Crippen molar-refractivity contribution in [1.82, 2.24) is 5.43 Å². The van der Waals surface area contributed by atoms with Crippen LogP contribution in [0, 0.1) is 0 Å². The number of nitrogens with one attached hydrogen (secondary N) is 1. The van der Waals surface area contributed by atoms with E-state index in [1.54, 1.807) is 25.3 Å². The molecule has 0 aliphatic heterocycles. The van der Waals surface area contributed by atoms with Gasteiger partial charge in [0.25, 0.3) is 5.91 Å². The third-order valence-corrected chi connectivity index (χ3v) is 4.40. The number of halogens is 2. The molecule has 1 N–H and O–H groups in total. The molecule has 6 nitrogen and oxygen atoms in total. The zero-order valence-electron chi connectivity index (χ0n) is 13.8. The Morgan fingerprint density at radius 3 is 2.00 bits per heavy atom. The normalized spacial score (nSPS) is 10.6. The van der Waals surface area contributed by atoms with Gasteiger partial charge in [0.15, 0.2) is 0 Å². The topological polar surface area (TPSA) is 69.2 Å². The molecular weight excluding hydrogens is 456 g/mol. The van der Waals surface area contributed by atoms with Gasteiger partial charge in [-0.1, -0.05) is 0 Å². The van der Waals surface area contributed by atoms with E-state index in [4.69, 9.17) is 14.2 Å². The van der Waals surface area contributed by atoms with E-state index in [1.165, 1.54) is 20.4 Å². The summed E-state index contributed by atoms with van der Waals surface area (Å²) in [7, 11) is 4.63. The molecule has 25 heavy (non-hydrogen) atoms. The minimum absolute atomic E-state index is 0.375. The Balaban J connectivity index is 2.13. The quantitative estimate of drug-likeness (QED) is 0.510. The van der Waals surface area contributed by atoms with Crippen LogP contribution in [0.25, 0.3) is 0 Å². The molecule has 8 heteroatoms. The summed E-state index contributed by atoms with van der Waals surface area (Å²) in [5.74, 6) is 1.36. The third kappa shape index (κ3) is 4.96. The van der Waals surface area contributed by atoms with Crippen molar-refractivity contribution in [2.45, 2.75) is 0 Å². The molecule has 0 saturated carbocycles. The Morgan fingerprint density at radius 1 is 0.960 bits per heavy atom. The van der Waals surface area contributed by atoms with Crippen molar-refractivity contribution in [1.29, 1.82) is 0 Å². The first-order valence-electron chi connectivity index (χ1n) is 7.08. The molecule has 0 spiro atoms. The second-order valence-corrected chi connectivity index (χ2v) is 6.53. The van der Waals surface area contributed by atoms with Gasteiger partial charge in [0.2, 0.25) is 0 Å². The number of hydrazone groups is 1. The molecule has 0 atom stereocenters. The maximum absolute atomic E-state index is 12.2. The summed E-state index contributed by atoms with van der Waals surface area (Å²) >= 11 is 6.83. The van der Waals surface area contributed by atoms with Crippen molar-refractivity contribution in [2.75, 3.05) is 21.3 Å². The van der Waals surface area contributed by atoms with Gasteiger partial charge in [-0.05, 0) is 61.7 Å². The van der Waals surface area contributed by atoms with Crippen LogP contribution in [-0.2, 0) is 0 Å². The Kier molecular flexibility index (Phi) is 6.83. The fourth-order valence-electron chi connectivity index (χ4n) is 2.02. The van der Waals surface area contributed by atoms with Crippen LogP contribution >= 0.6 is 31.9 Å². The average molecular weight is 472 g/mol. The minimum Gasteiger partial charge on any atom is -0.497 e. The van der Waals surface area contributed by atoms with Crippen molar-refractivity contribution in [3.63, 3.8) is 0 Å². The van der Waals surface area contributed by atoms with Gasteiger partial charge in [-0.2, -0.15) is 5.10 Å². The highest BCUT2D eigenvalue weighted by Crippen LogP contribution is 2.33. The van der Waals surface area contributed by atoms with Crippen LogP contribution in [-0.4, -0.2) is 33.5 Å². The van der Waals surface area contributed by atoms with Crippen molar-refractivity contribution in [3.8, 4) is 17.2 Å². The standard InChI is InChI=1S/C17H16Br2N2O4/c1-23-12-6-11(7-13(8-12)24-2)17(22)21-20-9-10-4-14(18)16(25-3)15(19)5-10/h4-9H,1-3H3,(H,21,22)/b20-9-. The van der Waals surface area contributed by atoms with E-state index in [1.807, 2.05) is 12.1 Å². The molecule has 0 fully saturated rings. The Labute approximate surface area is 162 Å². The number of methoxy groups -OCH3 is 3. The summed E-state index contributed by atoms with van der Waals surface area (Å²) < 4.78 is 17.1. The zero-order valence-corrected chi connectivity index (χ0v) is 17.0. The third-order valence-electron chi connectivity index (χ3n) is 3.22. The maximum atomic E-state index is 12.2. The number of nitrogens with zero attached hydrogens (tertiary/aromatic N) is 1. The predicted molar refractivity (Wildman–Crippen MR) is 103 cm³/mol. The first-order chi connectivity index (χ1) is 12.0. The van der Waals surface area contributed by atoms with Gasteiger partial charge in [0.1, 0.15) is 17.2 Å². The number of rotatable bonds is 6. The summed E-state index contributed by atoms with van der Waals surface area (Å²) in [5.41, 5.74) is 3.64. The van der Waals surface area contributed by atoms with Gasteiger partial charge in [-0.15, -0.1) is 0 Å². The van der Waals surface area contributed by atoms with Crippen LogP contribution in [0.3, 0.4) is 0 Å². The maximum Gasteiger partial charge on any atom is 0.271 e. The molecule has 2 aromatic rings. The summed E-state index contributed by atoms with van der Waals surface area (Å²) in [4.78, 5) is 12.2. The number of benzene rings is 2. The summed E-state index contributed by atoms with van der Waals surface area (Å²) in [6.45, 7) is 0. The van der Waals surface area contributed by atoms with E-state index >= 15 is 0 Å². The molecule has 132 valence electrons. The lowest BCUT2D eigenvalue weighted by Crippen LogP contribution is -2.17. The summed E-state index contributed by atoms with van der Waals surface area (Å²) in [6, 6.07) is 8.55. The molecule has 0 bridgehead atoms. The lowest BCUT2D eigenvalue weighted by atomic mass is 10.2. The van der Waals surface area contributed by atoms with Crippen LogP contribution in [0.15, 0.2) is 44.4 Å². The van der Waals surface area contributed by atoms with Gasteiger partial charge < -0.3 is 14.2 Å². The number of carbonyl (C=O) groups is 1. The number of hydrogen-bond donors (Lipinski definition) is 1. The lowest BCUT2D eigenvalue weighted by Gasteiger charge is -2.08. The Morgan fingerprint density at radius 2 is 1.52 bits per heavy atom. The van der Waals surface area contributed by atoms with Gasteiger partial charge >= 0.3 is 0 Å². The highest BCUT2D eigenvalue weighted by Gasteiger charge is 2.10. The monoisotopic (exact) mass is 470 g/mol. The van der Waals surface area contributed by atoms with E-state index < -0.39 is 0 Å². The van der Waals surface area contributed by atoms with Crippen molar-refractivity contribution < 1.29 is 19.0 Å². The molecule has 0 radical (unpaired) electrons. The van der Waals surface area contributed by atoms with Crippen LogP contribution in [0.5, 0.6) is 17.2 Å². The highest BCUT2D eigenvalue weighted by molar-refractivity contribution is 9.11. The highest BCUT2D eigenvalue weighted by atomic mass is 79.9. The number of ether oxygens (including phenoxy) is 3. The number of carbonyl (C=O) groups excluding carboxylic acids is 1. The van der Waals surface area contributed by atoms with E-state index in [9.17, 15) is 4.79 Å². The molecule has 2 aromatic carbocycles. The molecule has 2 rings (SSSR count). The lowest BCUT2D eigenvalue weighted by molar-refractivity contribution is 0.0954. The van der Waals surface area contributed by atoms with Crippen molar-refractivity contribution in [2.24, 2.45) is 5.10 Å². The number of hydrogen-bond acceptors (Lipinski definition) is 5. The van der Waals surface area contributed by atoms with Gasteiger partial charge in [0.05, 0.1) is 36.5 Å². The fourth-order valence-corrected chi connectivity index (χ4v) is 3.56. The molecule has 0 aliphatic rings. The van der Waals surface area contributed by atoms with Gasteiger partial charge in [-0.3, -0.25) is 4.79 Å². The first kappa shape index (κ1) is 19.3. The molecule has 0 aromatic heterocycles. The zero-order chi connectivity index (χ0) is 18.4. The second-order valence-electron chi connectivity index (χ2n) is 4.82. The predicted octanol–water partition coefficient (Wildman–Crippen LogP) is 4.00. The molecule has 0 unspecified atom stereocenters. The Bertz CT molecular complexity index is 764. The summed E-state index contributed by atoms with van der Waals surface area (Å²) in [5, 5.41) is 3.98. The van der Waals surface area contributed by atoms with E-state index in [2.05, 4.69) is 42.4 Å². The van der Waals surface area contributed by atoms with E-state index in [-0.39, 0.29) is 5.91 Å². The smallest absolute Gasteiger partial charge is 0.271 e. The molecule has 1 amide bonds. The largest absolute Gasteiger partial charge is 0.497 e. The van der Waals surface area contributed by atoms with Crippen molar-refractivity contribution in [3.05, 3.63) is 50.4 Å². The van der Waals surface area contributed by atoms with Gasteiger partial charge in [-0.25, -0.2) is 5.43 Å². The average Bonchev–Trinajstić information content (AvgIpc) is 2.60. The molecule has 0 aliphatic carbocycles. The van der Waals surface area contributed by atoms with Crippen LogP contribution in [0.1, 0.15) is 15.9 Å². The van der Waals surface area contributed by atoms with Gasteiger partial charge in [0, 0.05) is 11.6 Å². The minimum atomic E-state index is -0.375.